The van der Waals surface area contributed by atoms with Gasteiger partial charge in [0.1, 0.15) is 0 Å². The predicted molar refractivity (Wildman–Crippen MR) is 65.3 cm³/mol. The summed E-state index contributed by atoms with van der Waals surface area (Å²) >= 11 is 0. The standard InChI is InChI=1S/C13H24N2O/c1-11(2)9-13(5-3-4-6-13)10-15-8-7-14-12(15)16/h11H,3-10H2,1-2H3,(H,14,16). The molecule has 1 aliphatic carbocycles. The molecule has 3 nitrogen and oxygen atoms in total. The Morgan fingerprint density at radius 2 is 2.06 bits per heavy atom. The maximum atomic E-state index is 11.6. The lowest BCUT2D eigenvalue weighted by Gasteiger charge is -2.34. The van der Waals surface area contributed by atoms with Gasteiger partial charge >= 0.3 is 6.03 Å². The van der Waals surface area contributed by atoms with E-state index in [1.807, 2.05) is 4.90 Å². The number of carbonyl (C=O) groups is 1. The van der Waals surface area contributed by atoms with Crippen molar-refractivity contribution in [1.82, 2.24) is 10.2 Å². The Hall–Kier alpha value is -0.730. The van der Waals surface area contributed by atoms with Crippen LogP contribution < -0.4 is 5.32 Å². The second-order valence-corrected chi connectivity index (χ2v) is 5.96. The highest BCUT2D eigenvalue weighted by molar-refractivity contribution is 5.76. The molecule has 0 unspecified atom stereocenters. The summed E-state index contributed by atoms with van der Waals surface area (Å²) in [4.78, 5) is 13.6. The number of rotatable bonds is 4. The van der Waals surface area contributed by atoms with E-state index in [4.69, 9.17) is 0 Å². The van der Waals surface area contributed by atoms with Gasteiger partial charge in [0.2, 0.25) is 0 Å². The molecule has 0 aromatic rings. The minimum atomic E-state index is 0.148. The van der Waals surface area contributed by atoms with Crippen molar-refractivity contribution in [3.63, 3.8) is 0 Å². The Kier molecular flexibility index (Phi) is 3.41. The summed E-state index contributed by atoms with van der Waals surface area (Å²) in [5.74, 6) is 0.740. The first-order chi connectivity index (χ1) is 7.61. The van der Waals surface area contributed by atoms with Gasteiger partial charge in [-0.1, -0.05) is 26.7 Å². The Bertz CT molecular complexity index is 257. The molecule has 1 saturated heterocycles. The maximum Gasteiger partial charge on any atom is 0.317 e. The summed E-state index contributed by atoms with van der Waals surface area (Å²) in [6.07, 6.45) is 6.60. The SMILES string of the molecule is CC(C)CC1(CN2CCNC2=O)CCCC1. The third-order valence-corrected chi connectivity index (χ3v) is 3.98. The fraction of sp³-hybridized carbons (Fsp3) is 0.923. The fourth-order valence-corrected chi connectivity index (χ4v) is 3.48. The minimum absolute atomic E-state index is 0.148. The van der Waals surface area contributed by atoms with Gasteiger partial charge in [0.05, 0.1) is 0 Å². The average Bonchev–Trinajstić information content (AvgIpc) is 2.77. The highest BCUT2D eigenvalue weighted by atomic mass is 16.2. The lowest BCUT2D eigenvalue weighted by atomic mass is 9.78. The zero-order valence-electron chi connectivity index (χ0n) is 10.6. The molecule has 2 fully saturated rings. The second-order valence-electron chi connectivity index (χ2n) is 5.96. The van der Waals surface area contributed by atoms with Gasteiger partial charge in [-0.05, 0) is 30.6 Å². The summed E-state index contributed by atoms with van der Waals surface area (Å²) in [5.41, 5.74) is 0.426. The van der Waals surface area contributed by atoms with Gasteiger partial charge in [-0.3, -0.25) is 0 Å². The topological polar surface area (TPSA) is 32.3 Å². The van der Waals surface area contributed by atoms with Crippen molar-refractivity contribution in [3.8, 4) is 0 Å². The molecular weight excluding hydrogens is 200 g/mol. The van der Waals surface area contributed by atoms with Gasteiger partial charge < -0.3 is 10.2 Å². The highest BCUT2D eigenvalue weighted by Gasteiger charge is 2.38. The van der Waals surface area contributed by atoms with Crippen LogP contribution in [0.1, 0.15) is 46.0 Å². The summed E-state index contributed by atoms with van der Waals surface area (Å²) in [6, 6.07) is 0.148. The molecule has 3 heteroatoms. The normalized spacial score (nSPS) is 24.2. The third kappa shape index (κ3) is 2.50. The fourth-order valence-electron chi connectivity index (χ4n) is 3.48. The number of hydrogen-bond acceptors (Lipinski definition) is 1. The lowest BCUT2D eigenvalue weighted by molar-refractivity contribution is 0.151. The number of amides is 2. The average molecular weight is 224 g/mol. The maximum absolute atomic E-state index is 11.6. The molecule has 2 aliphatic rings. The Morgan fingerprint density at radius 1 is 1.38 bits per heavy atom. The first-order valence-corrected chi connectivity index (χ1v) is 6.64. The van der Waals surface area contributed by atoms with Crippen LogP contribution in [0.2, 0.25) is 0 Å². The van der Waals surface area contributed by atoms with E-state index in [9.17, 15) is 4.79 Å². The number of hydrogen-bond donors (Lipinski definition) is 1. The molecule has 2 amide bonds. The van der Waals surface area contributed by atoms with Crippen LogP contribution in [-0.4, -0.2) is 30.6 Å². The van der Waals surface area contributed by atoms with Gasteiger partial charge in [-0.25, -0.2) is 4.79 Å². The summed E-state index contributed by atoms with van der Waals surface area (Å²) in [7, 11) is 0. The van der Waals surface area contributed by atoms with E-state index in [-0.39, 0.29) is 6.03 Å². The van der Waals surface area contributed by atoms with Crippen LogP contribution in [0.4, 0.5) is 4.79 Å². The van der Waals surface area contributed by atoms with Crippen LogP contribution in [0.5, 0.6) is 0 Å². The van der Waals surface area contributed by atoms with Gasteiger partial charge in [-0.2, -0.15) is 0 Å². The van der Waals surface area contributed by atoms with Gasteiger partial charge in [0.15, 0.2) is 0 Å². The van der Waals surface area contributed by atoms with E-state index in [0.717, 1.165) is 25.6 Å². The number of nitrogens with zero attached hydrogens (tertiary/aromatic N) is 1. The summed E-state index contributed by atoms with van der Waals surface area (Å²) in [5, 5.41) is 2.90. The molecule has 0 bridgehead atoms. The van der Waals surface area contributed by atoms with E-state index in [1.54, 1.807) is 0 Å². The Balaban J connectivity index is 1.99. The number of nitrogens with one attached hydrogen (secondary N) is 1. The van der Waals surface area contributed by atoms with E-state index in [0.29, 0.717) is 5.41 Å². The molecule has 16 heavy (non-hydrogen) atoms. The third-order valence-electron chi connectivity index (χ3n) is 3.98. The summed E-state index contributed by atoms with van der Waals surface area (Å²) < 4.78 is 0. The van der Waals surface area contributed by atoms with E-state index >= 15 is 0 Å². The van der Waals surface area contributed by atoms with Crippen LogP contribution in [0.25, 0.3) is 0 Å². The zero-order chi connectivity index (χ0) is 11.6. The molecule has 2 rings (SSSR count). The van der Waals surface area contributed by atoms with Crippen LogP contribution in [0.15, 0.2) is 0 Å². The van der Waals surface area contributed by atoms with Crippen molar-refractivity contribution < 1.29 is 4.79 Å². The molecule has 0 spiro atoms. The zero-order valence-corrected chi connectivity index (χ0v) is 10.6. The lowest BCUT2D eigenvalue weighted by Crippen LogP contribution is -2.39. The monoisotopic (exact) mass is 224 g/mol. The van der Waals surface area contributed by atoms with Crippen LogP contribution in [0.3, 0.4) is 0 Å². The van der Waals surface area contributed by atoms with Gasteiger partial charge in [0.25, 0.3) is 0 Å². The van der Waals surface area contributed by atoms with Crippen molar-refractivity contribution in [2.45, 2.75) is 46.0 Å². The molecule has 1 aliphatic heterocycles. The first-order valence-electron chi connectivity index (χ1n) is 6.64. The minimum Gasteiger partial charge on any atom is -0.336 e. The second kappa shape index (κ2) is 4.64. The van der Waals surface area contributed by atoms with Crippen LogP contribution >= 0.6 is 0 Å². The highest BCUT2D eigenvalue weighted by Crippen LogP contribution is 2.43. The van der Waals surface area contributed by atoms with Crippen molar-refractivity contribution in [1.29, 1.82) is 0 Å². The quantitative estimate of drug-likeness (QED) is 0.782. The van der Waals surface area contributed by atoms with Crippen molar-refractivity contribution in [2.75, 3.05) is 19.6 Å². The smallest absolute Gasteiger partial charge is 0.317 e. The molecular formula is C13H24N2O. The number of carbonyl (C=O) groups excluding carboxylic acids is 1. The van der Waals surface area contributed by atoms with Crippen LogP contribution in [-0.2, 0) is 0 Å². The Morgan fingerprint density at radius 3 is 2.56 bits per heavy atom. The number of urea groups is 1. The Labute approximate surface area is 98.6 Å². The molecule has 0 radical (unpaired) electrons. The summed E-state index contributed by atoms with van der Waals surface area (Å²) in [6.45, 7) is 7.31. The molecule has 92 valence electrons. The van der Waals surface area contributed by atoms with E-state index < -0.39 is 0 Å². The molecule has 1 N–H and O–H groups in total. The first kappa shape index (κ1) is 11.7. The molecule has 0 atom stereocenters. The predicted octanol–water partition coefficient (Wildman–Crippen LogP) is 2.62. The molecule has 1 saturated carbocycles. The van der Waals surface area contributed by atoms with Crippen molar-refractivity contribution in [2.24, 2.45) is 11.3 Å². The van der Waals surface area contributed by atoms with Crippen molar-refractivity contribution in [3.05, 3.63) is 0 Å². The molecule has 0 aromatic carbocycles. The van der Waals surface area contributed by atoms with Crippen molar-refractivity contribution >= 4 is 6.03 Å². The van der Waals surface area contributed by atoms with Gasteiger partial charge in [-0.15, -0.1) is 0 Å². The van der Waals surface area contributed by atoms with Gasteiger partial charge in [0, 0.05) is 19.6 Å². The molecule has 1 heterocycles. The van der Waals surface area contributed by atoms with E-state index in [2.05, 4.69) is 19.2 Å². The molecule has 0 aromatic heterocycles. The van der Waals surface area contributed by atoms with Crippen LogP contribution in [0, 0.1) is 11.3 Å². The van der Waals surface area contributed by atoms with E-state index in [1.165, 1.54) is 32.1 Å². The largest absolute Gasteiger partial charge is 0.336 e.